The molecule has 0 spiro atoms. The van der Waals surface area contributed by atoms with Gasteiger partial charge in [-0.15, -0.1) is 0 Å². The maximum absolute atomic E-state index is 4.35. The van der Waals surface area contributed by atoms with Gasteiger partial charge in [0.1, 0.15) is 0 Å². The zero-order valence-corrected chi connectivity index (χ0v) is 10.3. The van der Waals surface area contributed by atoms with Crippen LogP contribution in [0.4, 0.5) is 0 Å². The van der Waals surface area contributed by atoms with E-state index in [1.807, 2.05) is 18.5 Å². The number of para-hydroxylation sites is 1. The summed E-state index contributed by atoms with van der Waals surface area (Å²) in [6.07, 6.45) is 5.94. The smallest absolute Gasteiger partial charge is 0.0718 e. The molecule has 4 rings (SSSR count). The highest BCUT2D eigenvalue weighted by Crippen LogP contribution is 2.25. The van der Waals surface area contributed by atoms with Gasteiger partial charge in [-0.05, 0) is 17.5 Å². The number of nitrogens with zero attached hydrogens (tertiary/aromatic N) is 2. The summed E-state index contributed by atoms with van der Waals surface area (Å²) in [6.45, 7) is 0. The average Bonchev–Trinajstić information content (AvgIpc) is 2.90. The van der Waals surface area contributed by atoms with Gasteiger partial charge in [0, 0.05) is 23.2 Å². The van der Waals surface area contributed by atoms with Crippen molar-refractivity contribution < 1.29 is 0 Å². The predicted octanol–water partition coefficient (Wildman–Crippen LogP) is 4.18. The average molecular weight is 244 g/mol. The zero-order valence-electron chi connectivity index (χ0n) is 10.3. The number of aromatic nitrogens is 2. The topological polar surface area (TPSA) is 17.8 Å². The van der Waals surface area contributed by atoms with Crippen molar-refractivity contribution in [1.29, 1.82) is 0 Å². The summed E-state index contributed by atoms with van der Waals surface area (Å²) in [6, 6.07) is 18.9. The summed E-state index contributed by atoms with van der Waals surface area (Å²) in [7, 11) is 0. The molecule has 0 aliphatic heterocycles. The first kappa shape index (κ1) is 10.3. The first-order chi connectivity index (χ1) is 9.43. The number of hydrogen-bond donors (Lipinski definition) is 0. The van der Waals surface area contributed by atoms with Gasteiger partial charge in [0.25, 0.3) is 0 Å². The highest BCUT2D eigenvalue weighted by Gasteiger charge is 2.06. The lowest BCUT2D eigenvalue weighted by Gasteiger charge is -2.08. The molecule has 0 atom stereocenters. The van der Waals surface area contributed by atoms with Gasteiger partial charge in [0.15, 0.2) is 0 Å². The van der Waals surface area contributed by atoms with E-state index in [1.54, 1.807) is 0 Å². The number of pyridine rings is 1. The van der Waals surface area contributed by atoms with Crippen molar-refractivity contribution in [3.05, 3.63) is 73.2 Å². The highest BCUT2D eigenvalue weighted by atomic mass is 15.0. The molecule has 0 amide bonds. The van der Waals surface area contributed by atoms with Gasteiger partial charge in [0.2, 0.25) is 0 Å². The third kappa shape index (κ3) is 1.54. The van der Waals surface area contributed by atoms with Crippen LogP contribution in [0.25, 0.3) is 27.4 Å². The molecular formula is C17H12N2. The van der Waals surface area contributed by atoms with E-state index in [1.165, 1.54) is 16.3 Å². The maximum atomic E-state index is 4.35. The summed E-state index contributed by atoms with van der Waals surface area (Å²) in [4.78, 5) is 4.35. The maximum Gasteiger partial charge on any atom is 0.0718 e. The van der Waals surface area contributed by atoms with E-state index in [4.69, 9.17) is 0 Å². The number of hydrogen-bond acceptors (Lipinski definition) is 1. The third-order valence-electron chi connectivity index (χ3n) is 3.51. The molecule has 2 nitrogen and oxygen atoms in total. The van der Waals surface area contributed by atoms with E-state index in [9.17, 15) is 0 Å². The molecule has 19 heavy (non-hydrogen) atoms. The summed E-state index contributed by atoms with van der Waals surface area (Å²) < 4.78 is 2.20. The second-order valence-electron chi connectivity index (χ2n) is 4.62. The molecule has 0 saturated heterocycles. The van der Waals surface area contributed by atoms with Crippen molar-refractivity contribution in [3.63, 3.8) is 0 Å². The largest absolute Gasteiger partial charge is 0.314 e. The Kier molecular flexibility index (Phi) is 2.15. The van der Waals surface area contributed by atoms with Gasteiger partial charge in [-0.3, -0.25) is 4.98 Å². The Hall–Kier alpha value is -2.61. The van der Waals surface area contributed by atoms with E-state index >= 15 is 0 Å². The first-order valence-electron chi connectivity index (χ1n) is 6.33. The van der Waals surface area contributed by atoms with E-state index in [0.717, 1.165) is 11.1 Å². The second kappa shape index (κ2) is 3.95. The Labute approximate surface area is 110 Å². The van der Waals surface area contributed by atoms with Crippen molar-refractivity contribution in [2.45, 2.75) is 0 Å². The minimum Gasteiger partial charge on any atom is -0.314 e. The fraction of sp³-hybridized carbons (Fsp3) is 0. The molecule has 2 heterocycles. The highest BCUT2D eigenvalue weighted by molar-refractivity contribution is 5.92. The van der Waals surface area contributed by atoms with Crippen LogP contribution in [-0.4, -0.2) is 9.55 Å². The minimum atomic E-state index is 1.12. The van der Waals surface area contributed by atoms with Gasteiger partial charge < -0.3 is 4.57 Å². The molecule has 0 aliphatic rings. The Bertz CT molecular complexity index is 869. The molecule has 0 aliphatic carbocycles. The molecule has 2 heteroatoms. The van der Waals surface area contributed by atoms with Crippen LogP contribution in [0.1, 0.15) is 0 Å². The van der Waals surface area contributed by atoms with Crippen molar-refractivity contribution in [2.24, 2.45) is 0 Å². The second-order valence-corrected chi connectivity index (χ2v) is 4.62. The van der Waals surface area contributed by atoms with Gasteiger partial charge in [-0.2, -0.15) is 0 Å². The monoisotopic (exact) mass is 244 g/mol. The van der Waals surface area contributed by atoms with Crippen molar-refractivity contribution in [3.8, 4) is 5.69 Å². The molecule has 0 unspecified atom stereocenters. The molecule has 4 aromatic rings. The van der Waals surface area contributed by atoms with Gasteiger partial charge in [-0.1, -0.05) is 42.5 Å². The Morgan fingerprint density at radius 2 is 1.53 bits per heavy atom. The molecule has 2 aromatic heterocycles. The fourth-order valence-corrected chi connectivity index (χ4v) is 2.59. The quantitative estimate of drug-likeness (QED) is 0.491. The van der Waals surface area contributed by atoms with Gasteiger partial charge in [-0.25, -0.2) is 0 Å². The summed E-state index contributed by atoms with van der Waals surface area (Å²) in [5.41, 5.74) is 2.33. The van der Waals surface area contributed by atoms with E-state index < -0.39 is 0 Å². The Morgan fingerprint density at radius 3 is 2.47 bits per heavy atom. The number of fused-ring (bicyclic) bond motifs is 2. The molecule has 0 fully saturated rings. The SMILES string of the molecule is c1ccc2c(-n3ccc4ccccc43)cncc2c1. The van der Waals surface area contributed by atoms with Crippen LogP contribution in [0.5, 0.6) is 0 Å². The molecule has 0 saturated carbocycles. The van der Waals surface area contributed by atoms with Crippen LogP contribution in [0.15, 0.2) is 73.2 Å². The summed E-state index contributed by atoms with van der Waals surface area (Å²) in [5, 5.41) is 3.63. The molecule has 0 bridgehead atoms. The normalized spacial score (nSPS) is 11.2. The lowest BCUT2D eigenvalue weighted by Crippen LogP contribution is -1.94. The summed E-state index contributed by atoms with van der Waals surface area (Å²) >= 11 is 0. The van der Waals surface area contributed by atoms with Crippen molar-refractivity contribution >= 4 is 21.7 Å². The number of rotatable bonds is 1. The van der Waals surface area contributed by atoms with Crippen LogP contribution in [-0.2, 0) is 0 Å². The van der Waals surface area contributed by atoms with Crippen LogP contribution in [0.2, 0.25) is 0 Å². The molecule has 2 aromatic carbocycles. The van der Waals surface area contributed by atoms with Crippen LogP contribution in [0.3, 0.4) is 0 Å². The lowest BCUT2D eigenvalue weighted by molar-refractivity contribution is 1.12. The van der Waals surface area contributed by atoms with Crippen LogP contribution in [0, 0.1) is 0 Å². The Balaban J connectivity index is 2.10. The van der Waals surface area contributed by atoms with E-state index in [0.29, 0.717) is 0 Å². The van der Waals surface area contributed by atoms with Gasteiger partial charge >= 0.3 is 0 Å². The van der Waals surface area contributed by atoms with Crippen LogP contribution < -0.4 is 0 Å². The predicted molar refractivity (Wildman–Crippen MR) is 78.6 cm³/mol. The molecule has 0 N–H and O–H groups in total. The fourth-order valence-electron chi connectivity index (χ4n) is 2.59. The van der Waals surface area contributed by atoms with E-state index in [2.05, 4.69) is 64.3 Å². The lowest BCUT2D eigenvalue weighted by atomic mass is 10.1. The zero-order chi connectivity index (χ0) is 12.7. The number of benzene rings is 2. The molecular weight excluding hydrogens is 232 g/mol. The van der Waals surface area contributed by atoms with Gasteiger partial charge in [0.05, 0.1) is 17.4 Å². The summed E-state index contributed by atoms with van der Waals surface area (Å²) in [5.74, 6) is 0. The van der Waals surface area contributed by atoms with Crippen molar-refractivity contribution in [2.75, 3.05) is 0 Å². The molecule has 90 valence electrons. The first-order valence-corrected chi connectivity index (χ1v) is 6.33. The Morgan fingerprint density at radius 1 is 0.737 bits per heavy atom. The molecule has 0 radical (unpaired) electrons. The third-order valence-corrected chi connectivity index (χ3v) is 3.51. The van der Waals surface area contributed by atoms with E-state index in [-0.39, 0.29) is 0 Å². The minimum absolute atomic E-state index is 1.12. The van der Waals surface area contributed by atoms with Crippen LogP contribution >= 0.6 is 0 Å². The van der Waals surface area contributed by atoms with Crippen molar-refractivity contribution in [1.82, 2.24) is 9.55 Å². The standard InChI is InChI=1S/C17H12N2/c1-3-7-15-14(6-1)11-18-12-17(15)19-10-9-13-5-2-4-8-16(13)19/h1-12H.